The van der Waals surface area contributed by atoms with E-state index in [2.05, 4.69) is 35.1 Å². The van der Waals surface area contributed by atoms with Gasteiger partial charge in [0.15, 0.2) is 0 Å². The molecule has 0 aromatic heterocycles. The minimum absolute atomic E-state index is 0.0881. The maximum atomic E-state index is 14.0. The van der Waals surface area contributed by atoms with Crippen LogP contribution in [0.25, 0.3) is 0 Å². The molecule has 2 amide bonds. The van der Waals surface area contributed by atoms with Crippen LogP contribution in [0.5, 0.6) is 0 Å². The molecular formula is C32H40BrN3O4S. The van der Waals surface area contributed by atoms with Gasteiger partial charge in [-0.1, -0.05) is 85.6 Å². The first-order valence-electron chi connectivity index (χ1n) is 13.8. The van der Waals surface area contributed by atoms with Crippen molar-refractivity contribution >= 4 is 43.5 Å². The van der Waals surface area contributed by atoms with Crippen LogP contribution in [-0.2, 0) is 26.2 Å². The molecule has 7 nitrogen and oxygen atoms in total. The van der Waals surface area contributed by atoms with Crippen molar-refractivity contribution in [3.8, 4) is 0 Å². The molecule has 0 fully saturated rings. The van der Waals surface area contributed by atoms with Gasteiger partial charge in [0.25, 0.3) is 10.0 Å². The Morgan fingerprint density at radius 1 is 0.902 bits per heavy atom. The number of hydrogen-bond acceptors (Lipinski definition) is 4. The number of nitrogens with one attached hydrogen (secondary N) is 1. The molecule has 1 atom stereocenters. The zero-order chi connectivity index (χ0) is 30.3. The first-order valence-corrected chi connectivity index (χ1v) is 16.0. The molecule has 3 aromatic carbocycles. The van der Waals surface area contributed by atoms with Crippen LogP contribution in [0.4, 0.5) is 5.69 Å². The zero-order valence-corrected chi connectivity index (χ0v) is 27.0. The highest BCUT2D eigenvalue weighted by Crippen LogP contribution is 2.27. The van der Waals surface area contributed by atoms with Crippen molar-refractivity contribution in [3.63, 3.8) is 0 Å². The van der Waals surface area contributed by atoms with Gasteiger partial charge in [0, 0.05) is 17.6 Å². The number of benzene rings is 3. The van der Waals surface area contributed by atoms with Crippen LogP contribution in [0.2, 0.25) is 0 Å². The molecule has 0 radical (unpaired) electrons. The summed E-state index contributed by atoms with van der Waals surface area (Å²) >= 11 is 3.47. The lowest BCUT2D eigenvalue weighted by Crippen LogP contribution is -2.51. The van der Waals surface area contributed by atoms with E-state index in [-0.39, 0.29) is 29.2 Å². The quantitative estimate of drug-likeness (QED) is 0.253. The maximum absolute atomic E-state index is 14.0. The molecule has 0 aliphatic carbocycles. The third-order valence-electron chi connectivity index (χ3n) is 6.83. The number of carbonyl (C=O) groups excluding carboxylic acids is 2. The Morgan fingerprint density at radius 2 is 1.54 bits per heavy atom. The molecule has 3 rings (SSSR count). The Balaban J connectivity index is 2.03. The second-order valence-corrected chi connectivity index (χ2v) is 13.8. The van der Waals surface area contributed by atoms with E-state index in [0.29, 0.717) is 12.2 Å². The van der Waals surface area contributed by atoms with Gasteiger partial charge in [0.05, 0.1) is 10.6 Å². The Bertz CT molecular complexity index is 1440. The Hall–Kier alpha value is -3.17. The van der Waals surface area contributed by atoms with Crippen LogP contribution in [-0.4, -0.2) is 44.3 Å². The molecule has 0 aliphatic rings. The molecule has 3 aromatic rings. The van der Waals surface area contributed by atoms with Gasteiger partial charge in [-0.25, -0.2) is 8.42 Å². The zero-order valence-electron chi connectivity index (χ0n) is 24.6. The molecule has 0 saturated carbocycles. The number of halogens is 1. The number of rotatable bonds is 12. The van der Waals surface area contributed by atoms with E-state index >= 15 is 0 Å². The second-order valence-electron chi connectivity index (χ2n) is 11.0. The van der Waals surface area contributed by atoms with Crippen LogP contribution in [0.15, 0.2) is 82.2 Å². The topological polar surface area (TPSA) is 86.8 Å². The predicted molar refractivity (Wildman–Crippen MR) is 168 cm³/mol. The van der Waals surface area contributed by atoms with Crippen molar-refractivity contribution in [3.05, 3.63) is 94.0 Å². The van der Waals surface area contributed by atoms with Crippen molar-refractivity contribution in [1.29, 1.82) is 0 Å². The van der Waals surface area contributed by atoms with Crippen molar-refractivity contribution in [1.82, 2.24) is 10.2 Å². The molecule has 220 valence electrons. The highest BCUT2D eigenvalue weighted by atomic mass is 79.9. The first-order chi connectivity index (χ1) is 19.3. The van der Waals surface area contributed by atoms with Gasteiger partial charge in [0.1, 0.15) is 12.6 Å². The van der Waals surface area contributed by atoms with Gasteiger partial charge in [-0.3, -0.25) is 13.9 Å². The largest absolute Gasteiger partial charge is 0.354 e. The molecule has 41 heavy (non-hydrogen) atoms. The highest BCUT2D eigenvalue weighted by molar-refractivity contribution is 9.10. The van der Waals surface area contributed by atoms with Gasteiger partial charge >= 0.3 is 0 Å². The summed E-state index contributed by atoms with van der Waals surface area (Å²) in [5, 5.41) is 2.90. The van der Waals surface area contributed by atoms with E-state index < -0.39 is 28.5 Å². The standard InChI is InChI=1S/C32H40BrN3O4S/c1-22(2)19-34-32(38)25(6)35(20-26-8-7-9-28(33)18-26)31(37)21-36(29-14-12-27(13-15-29)23(3)4)41(39,40)30-16-10-24(5)11-17-30/h7-18,22-23,25H,19-21H2,1-6H3,(H,34,38)/t25-/m0/s1. The number of hydrogen-bond donors (Lipinski definition) is 1. The van der Waals surface area contributed by atoms with Crippen LogP contribution in [0, 0.1) is 12.8 Å². The normalized spacial score (nSPS) is 12.3. The minimum Gasteiger partial charge on any atom is -0.354 e. The molecule has 0 unspecified atom stereocenters. The molecule has 9 heteroatoms. The average Bonchev–Trinajstić information content (AvgIpc) is 2.93. The van der Waals surface area contributed by atoms with E-state index in [9.17, 15) is 18.0 Å². The monoisotopic (exact) mass is 641 g/mol. The summed E-state index contributed by atoms with van der Waals surface area (Å²) in [5.41, 5.74) is 3.17. The molecule has 0 heterocycles. The van der Waals surface area contributed by atoms with E-state index in [1.165, 1.54) is 4.90 Å². The van der Waals surface area contributed by atoms with Crippen LogP contribution in [0.3, 0.4) is 0 Å². The van der Waals surface area contributed by atoms with Crippen LogP contribution >= 0.6 is 15.9 Å². The van der Waals surface area contributed by atoms with Gasteiger partial charge in [-0.15, -0.1) is 0 Å². The van der Waals surface area contributed by atoms with Crippen molar-refractivity contribution in [2.75, 3.05) is 17.4 Å². The third kappa shape index (κ3) is 8.66. The molecule has 0 saturated heterocycles. The summed E-state index contributed by atoms with van der Waals surface area (Å²) in [6, 6.07) is 20.4. The Morgan fingerprint density at radius 3 is 2.10 bits per heavy atom. The SMILES string of the molecule is Cc1ccc(S(=O)(=O)N(CC(=O)N(Cc2cccc(Br)c2)[C@@H](C)C(=O)NCC(C)C)c2ccc(C(C)C)cc2)cc1. The number of nitrogens with zero attached hydrogens (tertiary/aromatic N) is 2. The molecule has 0 spiro atoms. The lowest BCUT2D eigenvalue weighted by molar-refractivity contribution is -0.139. The minimum atomic E-state index is -4.10. The average molecular weight is 643 g/mol. The van der Waals surface area contributed by atoms with Gasteiger partial charge in [-0.05, 0) is 73.2 Å². The van der Waals surface area contributed by atoms with E-state index in [1.807, 2.05) is 57.2 Å². The van der Waals surface area contributed by atoms with Gasteiger partial charge in [-0.2, -0.15) is 0 Å². The number of anilines is 1. The lowest BCUT2D eigenvalue weighted by Gasteiger charge is -2.32. The fraction of sp³-hybridized carbons (Fsp3) is 0.375. The van der Waals surface area contributed by atoms with E-state index in [1.54, 1.807) is 43.3 Å². The Kier molecular flexibility index (Phi) is 11.2. The number of amides is 2. The fourth-order valence-corrected chi connectivity index (χ4v) is 6.12. The molecular weight excluding hydrogens is 602 g/mol. The first kappa shape index (κ1) is 32.3. The fourth-order valence-electron chi connectivity index (χ4n) is 4.26. The lowest BCUT2D eigenvalue weighted by atomic mass is 10.0. The number of carbonyl (C=O) groups is 2. The maximum Gasteiger partial charge on any atom is 0.264 e. The van der Waals surface area contributed by atoms with Gasteiger partial charge < -0.3 is 10.2 Å². The smallest absolute Gasteiger partial charge is 0.264 e. The van der Waals surface area contributed by atoms with Crippen molar-refractivity contribution < 1.29 is 18.0 Å². The summed E-state index contributed by atoms with van der Waals surface area (Å²) in [6.45, 7) is 11.8. The Labute approximate surface area is 253 Å². The summed E-state index contributed by atoms with van der Waals surface area (Å²) in [4.78, 5) is 28.7. The van der Waals surface area contributed by atoms with E-state index in [4.69, 9.17) is 0 Å². The summed E-state index contributed by atoms with van der Waals surface area (Å²) in [6.07, 6.45) is 0. The number of sulfonamides is 1. The number of aryl methyl sites for hydroxylation is 1. The predicted octanol–water partition coefficient (Wildman–Crippen LogP) is 6.27. The molecule has 1 N–H and O–H groups in total. The summed E-state index contributed by atoms with van der Waals surface area (Å²) in [7, 11) is -4.10. The van der Waals surface area contributed by atoms with Gasteiger partial charge in [0.2, 0.25) is 11.8 Å². The molecule has 0 aliphatic heterocycles. The van der Waals surface area contributed by atoms with Crippen LogP contribution in [0.1, 0.15) is 57.2 Å². The second kappa shape index (κ2) is 14.1. The highest BCUT2D eigenvalue weighted by Gasteiger charge is 2.32. The molecule has 0 bridgehead atoms. The third-order valence-corrected chi connectivity index (χ3v) is 9.11. The van der Waals surface area contributed by atoms with Crippen molar-refractivity contribution in [2.24, 2.45) is 5.92 Å². The summed E-state index contributed by atoms with van der Waals surface area (Å²) in [5.74, 6) is -0.278. The van der Waals surface area contributed by atoms with Crippen molar-refractivity contribution in [2.45, 2.75) is 64.9 Å². The van der Waals surface area contributed by atoms with E-state index in [0.717, 1.165) is 25.5 Å². The summed E-state index contributed by atoms with van der Waals surface area (Å²) < 4.78 is 29.9. The van der Waals surface area contributed by atoms with Crippen LogP contribution < -0.4 is 9.62 Å².